The number of fused-ring (bicyclic) bond motifs is 1. The Hall–Kier alpha value is -1.28. The summed E-state index contributed by atoms with van der Waals surface area (Å²) in [6, 6.07) is 8.52. The van der Waals surface area contributed by atoms with Crippen LogP contribution in [0.3, 0.4) is 0 Å². The SMILES string of the molecule is CNC(C)(C)CCCc1c[nH]c2ccccc12. The van der Waals surface area contributed by atoms with Crippen molar-refractivity contribution in [2.45, 2.75) is 38.6 Å². The van der Waals surface area contributed by atoms with Crippen molar-refractivity contribution in [2.75, 3.05) is 7.05 Å². The third-order valence-corrected chi connectivity index (χ3v) is 3.60. The molecular weight excluding hydrogens is 208 g/mol. The van der Waals surface area contributed by atoms with Crippen molar-refractivity contribution >= 4 is 10.9 Å². The molecule has 0 aliphatic carbocycles. The van der Waals surface area contributed by atoms with Crippen LogP contribution >= 0.6 is 0 Å². The molecule has 1 aromatic heterocycles. The molecule has 2 rings (SSSR count). The third-order valence-electron chi connectivity index (χ3n) is 3.60. The highest BCUT2D eigenvalue weighted by atomic mass is 14.9. The Balaban J connectivity index is 2.00. The normalized spacial score (nSPS) is 12.2. The summed E-state index contributed by atoms with van der Waals surface area (Å²) in [6.45, 7) is 4.50. The topological polar surface area (TPSA) is 27.8 Å². The van der Waals surface area contributed by atoms with E-state index in [1.165, 1.54) is 29.3 Å². The van der Waals surface area contributed by atoms with E-state index in [4.69, 9.17) is 0 Å². The van der Waals surface area contributed by atoms with Crippen LogP contribution in [0.25, 0.3) is 10.9 Å². The zero-order valence-electron chi connectivity index (χ0n) is 11.0. The smallest absolute Gasteiger partial charge is 0.0456 e. The molecule has 0 aliphatic heterocycles. The van der Waals surface area contributed by atoms with E-state index in [-0.39, 0.29) is 5.54 Å². The molecule has 0 fully saturated rings. The molecule has 0 radical (unpaired) electrons. The number of para-hydroxylation sites is 1. The first-order valence-corrected chi connectivity index (χ1v) is 6.36. The molecule has 0 spiro atoms. The second kappa shape index (κ2) is 4.92. The van der Waals surface area contributed by atoms with Gasteiger partial charge in [-0.3, -0.25) is 0 Å². The molecule has 0 aliphatic rings. The predicted octanol–water partition coefficient (Wildman–Crippen LogP) is 3.49. The van der Waals surface area contributed by atoms with Gasteiger partial charge in [-0.1, -0.05) is 18.2 Å². The fraction of sp³-hybridized carbons (Fsp3) is 0.467. The van der Waals surface area contributed by atoms with Gasteiger partial charge in [0.05, 0.1) is 0 Å². The summed E-state index contributed by atoms with van der Waals surface area (Å²) < 4.78 is 0. The minimum atomic E-state index is 0.242. The number of rotatable bonds is 5. The van der Waals surface area contributed by atoms with Gasteiger partial charge in [0.25, 0.3) is 0 Å². The van der Waals surface area contributed by atoms with Crippen LogP contribution in [0.4, 0.5) is 0 Å². The first-order valence-electron chi connectivity index (χ1n) is 6.36. The quantitative estimate of drug-likeness (QED) is 0.808. The van der Waals surface area contributed by atoms with Gasteiger partial charge in [0, 0.05) is 22.6 Å². The lowest BCUT2D eigenvalue weighted by molar-refractivity contribution is 0.382. The van der Waals surface area contributed by atoms with E-state index in [1.807, 2.05) is 7.05 Å². The predicted molar refractivity (Wildman–Crippen MR) is 74.4 cm³/mol. The lowest BCUT2D eigenvalue weighted by atomic mass is 9.96. The summed E-state index contributed by atoms with van der Waals surface area (Å²) in [7, 11) is 2.03. The van der Waals surface area contributed by atoms with Crippen LogP contribution in [0.2, 0.25) is 0 Å². The molecule has 1 aromatic carbocycles. The number of nitrogens with one attached hydrogen (secondary N) is 2. The summed E-state index contributed by atoms with van der Waals surface area (Å²) in [6.07, 6.45) is 5.71. The number of aromatic nitrogens is 1. The zero-order chi connectivity index (χ0) is 12.3. The van der Waals surface area contributed by atoms with Crippen molar-refractivity contribution in [1.82, 2.24) is 10.3 Å². The highest BCUT2D eigenvalue weighted by molar-refractivity contribution is 5.82. The number of aryl methyl sites for hydroxylation is 1. The van der Waals surface area contributed by atoms with E-state index in [2.05, 4.69) is 54.6 Å². The molecule has 2 aromatic rings. The monoisotopic (exact) mass is 230 g/mol. The number of benzene rings is 1. The number of hydrogen-bond acceptors (Lipinski definition) is 1. The Morgan fingerprint density at radius 1 is 1.24 bits per heavy atom. The largest absolute Gasteiger partial charge is 0.361 e. The van der Waals surface area contributed by atoms with Crippen LogP contribution in [-0.2, 0) is 6.42 Å². The Kier molecular flexibility index (Phi) is 3.53. The second-order valence-corrected chi connectivity index (χ2v) is 5.35. The maximum absolute atomic E-state index is 3.35. The maximum Gasteiger partial charge on any atom is 0.0456 e. The van der Waals surface area contributed by atoms with Crippen molar-refractivity contribution in [3.63, 3.8) is 0 Å². The zero-order valence-corrected chi connectivity index (χ0v) is 11.0. The average Bonchev–Trinajstić information content (AvgIpc) is 2.73. The first-order chi connectivity index (χ1) is 8.12. The molecule has 0 saturated carbocycles. The van der Waals surface area contributed by atoms with E-state index in [0.717, 1.165) is 6.42 Å². The fourth-order valence-electron chi connectivity index (χ4n) is 2.18. The van der Waals surface area contributed by atoms with Crippen LogP contribution in [0.5, 0.6) is 0 Å². The Morgan fingerprint density at radius 3 is 2.76 bits per heavy atom. The highest BCUT2D eigenvalue weighted by Crippen LogP contribution is 2.21. The van der Waals surface area contributed by atoms with E-state index < -0.39 is 0 Å². The van der Waals surface area contributed by atoms with Gasteiger partial charge in [0.15, 0.2) is 0 Å². The lowest BCUT2D eigenvalue weighted by Crippen LogP contribution is -2.35. The highest BCUT2D eigenvalue weighted by Gasteiger charge is 2.14. The molecule has 0 saturated heterocycles. The molecule has 0 atom stereocenters. The lowest BCUT2D eigenvalue weighted by Gasteiger charge is -2.23. The maximum atomic E-state index is 3.35. The van der Waals surface area contributed by atoms with Crippen LogP contribution in [0, 0.1) is 0 Å². The van der Waals surface area contributed by atoms with Gasteiger partial charge < -0.3 is 10.3 Å². The molecule has 17 heavy (non-hydrogen) atoms. The number of aromatic amines is 1. The molecule has 0 unspecified atom stereocenters. The molecule has 2 heteroatoms. The Labute approximate surface area is 103 Å². The van der Waals surface area contributed by atoms with Crippen LogP contribution in [0.1, 0.15) is 32.3 Å². The van der Waals surface area contributed by atoms with E-state index in [1.54, 1.807) is 0 Å². The molecule has 2 N–H and O–H groups in total. The molecular formula is C15H22N2. The fourth-order valence-corrected chi connectivity index (χ4v) is 2.18. The second-order valence-electron chi connectivity index (χ2n) is 5.35. The van der Waals surface area contributed by atoms with Crippen molar-refractivity contribution < 1.29 is 0 Å². The van der Waals surface area contributed by atoms with Gasteiger partial charge in [0.2, 0.25) is 0 Å². The summed E-state index contributed by atoms with van der Waals surface area (Å²) in [5.74, 6) is 0. The Morgan fingerprint density at radius 2 is 2.00 bits per heavy atom. The van der Waals surface area contributed by atoms with Crippen LogP contribution in [0.15, 0.2) is 30.5 Å². The molecule has 2 nitrogen and oxygen atoms in total. The van der Waals surface area contributed by atoms with Gasteiger partial charge in [-0.25, -0.2) is 0 Å². The summed E-state index contributed by atoms with van der Waals surface area (Å²) >= 11 is 0. The molecule has 0 bridgehead atoms. The summed E-state index contributed by atoms with van der Waals surface area (Å²) in [5.41, 5.74) is 2.93. The van der Waals surface area contributed by atoms with E-state index in [9.17, 15) is 0 Å². The van der Waals surface area contributed by atoms with E-state index in [0.29, 0.717) is 0 Å². The molecule has 92 valence electrons. The summed E-state index contributed by atoms with van der Waals surface area (Å²) in [4.78, 5) is 3.33. The minimum Gasteiger partial charge on any atom is -0.361 e. The summed E-state index contributed by atoms with van der Waals surface area (Å²) in [5, 5.41) is 4.72. The van der Waals surface area contributed by atoms with E-state index >= 15 is 0 Å². The Bertz CT molecular complexity index is 482. The van der Waals surface area contributed by atoms with Gasteiger partial charge in [0.1, 0.15) is 0 Å². The van der Waals surface area contributed by atoms with Crippen molar-refractivity contribution in [1.29, 1.82) is 0 Å². The molecule has 0 amide bonds. The van der Waals surface area contributed by atoms with Gasteiger partial charge >= 0.3 is 0 Å². The van der Waals surface area contributed by atoms with Crippen molar-refractivity contribution in [3.05, 3.63) is 36.0 Å². The van der Waals surface area contributed by atoms with Crippen LogP contribution < -0.4 is 5.32 Å². The minimum absolute atomic E-state index is 0.242. The first kappa shape index (κ1) is 12.2. The number of hydrogen-bond donors (Lipinski definition) is 2. The van der Waals surface area contributed by atoms with Crippen molar-refractivity contribution in [2.24, 2.45) is 0 Å². The van der Waals surface area contributed by atoms with Gasteiger partial charge in [-0.05, 0) is 51.8 Å². The average molecular weight is 230 g/mol. The van der Waals surface area contributed by atoms with Gasteiger partial charge in [-0.2, -0.15) is 0 Å². The number of H-pyrrole nitrogens is 1. The van der Waals surface area contributed by atoms with Gasteiger partial charge in [-0.15, -0.1) is 0 Å². The van der Waals surface area contributed by atoms with Crippen molar-refractivity contribution in [3.8, 4) is 0 Å². The van der Waals surface area contributed by atoms with Crippen LogP contribution in [-0.4, -0.2) is 17.6 Å². The standard InChI is InChI=1S/C15H22N2/c1-15(2,16-3)10-6-7-12-11-17-14-9-5-4-8-13(12)14/h4-5,8-9,11,16-17H,6-7,10H2,1-3H3. The molecule has 1 heterocycles. The third kappa shape index (κ3) is 2.89.